The van der Waals surface area contributed by atoms with Gasteiger partial charge in [0.1, 0.15) is 6.54 Å². The van der Waals surface area contributed by atoms with Crippen molar-refractivity contribution in [3.63, 3.8) is 0 Å². The lowest BCUT2D eigenvalue weighted by molar-refractivity contribution is -0.142. The zero-order valence-corrected chi connectivity index (χ0v) is 17.1. The van der Waals surface area contributed by atoms with E-state index in [-0.39, 0.29) is 40.8 Å². The molecular formula is C20H25N3O5S. The van der Waals surface area contributed by atoms with E-state index in [0.29, 0.717) is 19.4 Å². The predicted octanol–water partition coefficient (Wildman–Crippen LogP) is 1.65. The third-order valence-corrected chi connectivity index (χ3v) is 6.61. The maximum absolute atomic E-state index is 12.5. The van der Waals surface area contributed by atoms with Crippen LogP contribution in [-0.4, -0.2) is 44.1 Å². The van der Waals surface area contributed by atoms with E-state index in [0.717, 1.165) is 17.7 Å². The third-order valence-electron chi connectivity index (χ3n) is 5.15. The Hall–Kier alpha value is -2.52. The first-order valence-electron chi connectivity index (χ1n) is 9.73. The Labute approximate surface area is 170 Å². The maximum atomic E-state index is 12.5. The van der Waals surface area contributed by atoms with Gasteiger partial charge in [0.2, 0.25) is 27.7 Å². The predicted molar refractivity (Wildman–Crippen MR) is 107 cm³/mol. The van der Waals surface area contributed by atoms with E-state index in [1.807, 2.05) is 19.1 Å². The van der Waals surface area contributed by atoms with Crippen molar-refractivity contribution in [2.45, 2.75) is 37.5 Å². The highest BCUT2D eigenvalue weighted by Gasteiger charge is 2.47. The first kappa shape index (κ1) is 21.2. The number of nitrogens with one attached hydrogen (secondary N) is 2. The Bertz CT molecular complexity index is 915. The summed E-state index contributed by atoms with van der Waals surface area (Å²) in [5.74, 6) is -1.97. The van der Waals surface area contributed by atoms with Crippen molar-refractivity contribution in [2.75, 3.05) is 18.4 Å². The maximum Gasteiger partial charge on any atom is 0.244 e. The van der Waals surface area contributed by atoms with Crippen molar-refractivity contribution >= 4 is 33.4 Å². The van der Waals surface area contributed by atoms with Gasteiger partial charge in [-0.15, -0.1) is 0 Å². The van der Waals surface area contributed by atoms with Crippen LogP contribution < -0.4 is 10.0 Å². The Balaban J connectivity index is 1.64. The normalized spacial score (nSPS) is 21.3. The lowest BCUT2D eigenvalue weighted by Gasteiger charge is -2.15. The summed E-state index contributed by atoms with van der Waals surface area (Å²) >= 11 is 0. The molecule has 29 heavy (non-hydrogen) atoms. The number of likely N-dealkylation sites (tertiary alicyclic amines) is 1. The van der Waals surface area contributed by atoms with Crippen LogP contribution in [0, 0.1) is 11.8 Å². The van der Waals surface area contributed by atoms with E-state index in [1.165, 1.54) is 18.2 Å². The molecule has 8 nitrogen and oxygen atoms in total. The summed E-state index contributed by atoms with van der Waals surface area (Å²) in [7, 11) is -3.67. The molecule has 1 saturated heterocycles. The van der Waals surface area contributed by atoms with Crippen molar-refractivity contribution in [2.24, 2.45) is 11.8 Å². The number of imide groups is 1. The number of fused-ring (bicyclic) bond motifs is 1. The van der Waals surface area contributed by atoms with Gasteiger partial charge in [-0.05, 0) is 37.5 Å². The molecule has 1 aliphatic heterocycles. The van der Waals surface area contributed by atoms with Crippen molar-refractivity contribution in [3.05, 3.63) is 36.4 Å². The van der Waals surface area contributed by atoms with Gasteiger partial charge in [-0.2, -0.15) is 0 Å². The molecule has 1 aliphatic carbocycles. The molecule has 1 heterocycles. The second-order valence-electron chi connectivity index (χ2n) is 7.25. The Morgan fingerprint density at radius 3 is 2.41 bits per heavy atom. The van der Waals surface area contributed by atoms with Gasteiger partial charge in [0.25, 0.3) is 0 Å². The monoisotopic (exact) mass is 419 g/mol. The molecule has 3 amide bonds. The van der Waals surface area contributed by atoms with Crippen LogP contribution in [0.25, 0.3) is 0 Å². The Kier molecular flexibility index (Phi) is 6.49. The fraction of sp³-hybridized carbons (Fsp3) is 0.450. The molecule has 3 rings (SSSR count). The van der Waals surface area contributed by atoms with Gasteiger partial charge >= 0.3 is 0 Å². The topological polar surface area (TPSA) is 113 Å². The van der Waals surface area contributed by atoms with Crippen molar-refractivity contribution < 1.29 is 22.8 Å². The number of hydrogen-bond donors (Lipinski definition) is 2. The first-order valence-corrected chi connectivity index (χ1v) is 11.2. The number of carbonyl (C=O) groups is 3. The summed E-state index contributed by atoms with van der Waals surface area (Å²) in [5, 5.41) is 2.58. The summed E-state index contributed by atoms with van der Waals surface area (Å²) in [4.78, 5) is 38.3. The van der Waals surface area contributed by atoms with Gasteiger partial charge in [-0.1, -0.05) is 31.6 Å². The minimum atomic E-state index is -3.67. The van der Waals surface area contributed by atoms with Crippen molar-refractivity contribution in [1.29, 1.82) is 0 Å². The van der Waals surface area contributed by atoms with E-state index in [9.17, 15) is 22.8 Å². The van der Waals surface area contributed by atoms with Crippen LogP contribution in [0.2, 0.25) is 0 Å². The van der Waals surface area contributed by atoms with Gasteiger partial charge in [0.15, 0.2) is 0 Å². The molecule has 1 aromatic rings. The molecule has 2 unspecified atom stereocenters. The minimum Gasteiger partial charge on any atom is -0.324 e. The average Bonchev–Trinajstić information content (AvgIpc) is 2.93. The van der Waals surface area contributed by atoms with Crippen LogP contribution in [-0.2, 0) is 24.4 Å². The van der Waals surface area contributed by atoms with Gasteiger partial charge in [0, 0.05) is 12.2 Å². The number of amides is 3. The molecular weight excluding hydrogens is 394 g/mol. The Morgan fingerprint density at radius 2 is 1.79 bits per heavy atom. The van der Waals surface area contributed by atoms with Crippen LogP contribution in [0.5, 0.6) is 0 Å². The van der Waals surface area contributed by atoms with Crippen LogP contribution in [0.15, 0.2) is 41.3 Å². The number of anilines is 1. The van der Waals surface area contributed by atoms with Crippen LogP contribution >= 0.6 is 0 Å². The molecule has 2 atom stereocenters. The van der Waals surface area contributed by atoms with Gasteiger partial charge in [0.05, 0.1) is 16.7 Å². The SMILES string of the molecule is CCCCNS(=O)(=O)c1cccc(NC(=O)CN2C(=O)C3CC=CCC3C2=O)c1. The number of hydrogen-bond acceptors (Lipinski definition) is 5. The van der Waals surface area contributed by atoms with Crippen molar-refractivity contribution in [3.8, 4) is 0 Å². The molecule has 9 heteroatoms. The van der Waals surface area contributed by atoms with Gasteiger partial charge < -0.3 is 5.32 Å². The third kappa shape index (κ3) is 4.73. The van der Waals surface area contributed by atoms with E-state index in [4.69, 9.17) is 0 Å². The highest BCUT2D eigenvalue weighted by molar-refractivity contribution is 7.89. The van der Waals surface area contributed by atoms with Gasteiger partial charge in [-0.25, -0.2) is 13.1 Å². The van der Waals surface area contributed by atoms with Crippen molar-refractivity contribution in [1.82, 2.24) is 9.62 Å². The lowest BCUT2D eigenvalue weighted by atomic mass is 9.85. The second kappa shape index (κ2) is 8.87. The molecule has 156 valence electrons. The largest absolute Gasteiger partial charge is 0.324 e. The smallest absolute Gasteiger partial charge is 0.244 e. The molecule has 0 aromatic heterocycles. The highest BCUT2D eigenvalue weighted by Crippen LogP contribution is 2.34. The van der Waals surface area contributed by atoms with E-state index < -0.39 is 15.9 Å². The summed E-state index contributed by atoms with van der Waals surface area (Å²) < 4.78 is 27.2. The summed E-state index contributed by atoms with van der Waals surface area (Å²) in [6.07, 6.45) is 6.39. The number of carbonyl (C=O) groups excluding carboxylic acids is 3. The standard InChI is InChI=1S/C20H25N3O5S/c1-2-3-11-21-29(27,28)15-8-6-7-14(12-15)22-18(24)13-23-19(25)16-9-4-5-10-17(16)20(23)26/h4-8,12,16-17,21H,2-3,9-11,13H2,1H3,(H,22,24). The molecule has 1 fully saturated rings. The van der Waals surface area contributed by atoms with Crippen LogP contribution in [0.3, 0.4) is 0 Å². The minimum absolute atomic E-state index is 0.0387. The number of allylic oxidation sites excluding steroid dienone is 2. The lowest BCUT2D eigenvalue weighted by Crippen LogP contribution is -2.38. The number of benzene rings is 1. The van der Waals surface area contributed by atoms with Crippen LogP contribution in [0.4, 0.5) is 5.69 Å². The Morgan fingerprint density at radius 1 is 1.14 bits per heavy atom. The fourth-order valence-electron chi connectivity index (χ4n) is 3.58. The van der Waals surface area contributed by atoms with E-state index in [2.05, 4.69) is 10.0 Å². The second-order valence-corrected chi connectivity index (χ2v) is 9.01. The molecule has 2 N–H and O–H groups in total. The molecule has 0 saturated carbocycles. The number of sulfonamides is 1. The summed E-state index contributed by atoms with van der Waals surface area (Å²) in [6, 6.07) is 5.87. The quantitative estimate of drug-likeness (QED) is 0.378. The summed E-state index contributed by atoms with van der Waals surface area (Å²) in [5.41, 5.74) is 0.284. The van der Waals surface area contributed by atoms with Gasteiger partial charge in [-0.3, -0.25) is 19.3 Å². The molecule has 2 aliphatic rings. The van der Waals surface area contributed by atoms with E-state index >= 15 is 0 Å². The molecule has 0 spiro atoms. The highest BCUT2D eigenvalue weighted by atomic mass is 32.2. The molecule has 0 bridgehead atoms. The zero-order chi connectivity index (χ0) is 21.0. The molecule has 0 radical (unpaired) electrons. The number of unbranched alkanes of at least 4 members (excludes halogenated alkanes) is 1. The molecule has 1 aromatic carbocycles. The van der Waals surface area contributed by atoms with Crippen LogP contribution in [0.1, 0.15) is 32.6 Å². The number of nitrogens with zero attached hydrogens (tertiary/aromatic N) is 1. The average molecular weight is 420 g/mol. The van der Waals surface area contributed by atoms with E-state index in [1.54, 1.807) is 6.07 Å². The first-order chi connectivity index (χ1) is 13.8. The fourth-order valence-corrected chi connectivity index (χ4v) is 4.70. The zero-order valence-electron chi connectivity index (χ0n) is 16.3. The number of rotatable bonds is 8. The summed E-state index contributed by atoms with van der Waals surface area (Å²) in [6.45, 7) is 1.92.